The Morgan fingerprint density at radius 1 is 1.23 bits per heavy atom. The maximum atomic E-state index is 13.3. The van der Waals surface area contributed by atoms with Crippen LogP contribution in [-0.2, 0) is 11.8 Å². The van der Waals surface area contributed by atoms with E-state index in [0.29, 0.717) is 25.2 Å². The molecule has 1 unspecified atom stereocenters. The number of amides is 2. The number of likely N-dealkylation sites (tertiary alicyclic amines) is 1. The second kappa shape index (κ2) is 8.50. The summed E-state index contributed by atoms with van der Waals surface area (Å²) in [7, 11) is 3.44. The molecular weight excluding hydrogens is 382 g/mol. The lowest BCUT2D eigenvalue weighted by Gasteiger charge is -2.35. The van der Waals surface area contributed by atoms with Crippen molar-refractivity contribution in [2.24, 2.45) is 13.0 Å². The van der Waals surface area contributed by atoms with Crippen LogP contribution >= 0.6 is 0 Å². The predicted octanol–water partition coefficient (Wildman–Crippen LogP) is 3.26. The third kappa shape index (κ3) is 4.83. The van der Waals surface area contributed by atoms with Gasteiger partial charge in [-0.1, -0.05) is 18.2 Å². The topological polar surface area (TPSA) is 71.9 Å². The molecule has 0 aliphatic carbocycles. The van der Waals surface area contributed by atoms with Crippen LogP contribution in [0.4, 0.5) is 4.79 Å². The van der Waals surface area contributed by atoms with E-state index in [0.717, 1.165) is 23.7 Å². The van der Waals surface area contributed by atoms with Crippen LogP contribution < -0.4 is 5.56 Å². The van der Waals surface area contributed by atoms with Crippen molar-refractivity contribution in [2.75, 3.05) is 26.7 Å². The molecule has 1 aromatic heterocycles. The highest BCUT2D eigenvalue weighted by molar-refractivity contribution is 6.06. The summed E-state index contributed by atoms with van der Waals surface area (Å²) in [5.74, 6) is 0.0338. The molecule has 2 amide bonds. The summed E-state index contributed by atoms with van der Waals surface area (Å²) in [5.41, 5.74) is 0.442. The van der Waals surface area contributed by atoms with E-state index in [9.17, 15) is 14.4 Å². The van der Waals surface area contributed by atoms with Crippen LogP contribution in [0.15, 0.2) is 35.1 Å². The van der Waals surface area contributed by atoms with Crippen molar-refractivity contribution in [3.05, 3.63) is 46.2 Å². The van der Waals surface area contributed by atoms with E-state index in [1.165, 1.54) is 6.07 Å². The summed E-state index contributed by atoms with van der Waals surface area (Å²) in [5, 5.41) is 0.776. The molecule has 7 nitrogen and oxygen atoms in total. The lowest BCUT2D eigenvalue weighted by molar-refractivity contribution is 0.0244. The third-order valence-corrected chi connectivity index (χ3v) is 5.43. The van der Waals surface area contributed by atoms with E-state index in [1.54, 1.807) is 28.5 Å². The Balaban J connectivity index is 1.75. The van der Waals surface area contributed by atoms with Gasteiger partial charge in [-0.3, -0.25) is 9.59 Å². The van der Waals surface area contributed by atoms with Crippen molar-refractivity contribution in [2.45, 2.75) is 39.2 Å². The normalized spacial score (nSPS) is 17.1. The van der Waals surface area contributed by atoms with Gasteiger partial charge in [0.2, 0.25) is 0 Å². The number of aryl methyl sites for hydroxylation is 1. The lowest BCUT2D eigenvalue weighted by Crippen LogP contribution is -2.45. The quantitative estimate of drug-likeness (QED) is 0.774. The standard InChI is InChI=1S/C23H31N3O4/c1-23(2,3)30-22(29)24(4)14-16-9-8-12-26(15-16)21(28)18-13-20(27)25(5)19-11-7-6-10-17(18)19/h6-7,10-11,13,16H,8-9,12,14-15H2,1-5H3. The number of hydrogen-bond donors (Lipinski definition) is 0. The first kappa shape index (κ1) is 21.9. The number of carbonyl (C=O) groups is 2. The summed E-state index contributed by atoms with van der Waals surface area (Å²) in [4.78, 5) is 41.3. The van der Waals surface area contributed by atoms with Gasteiger partial charge in [0.05, 0.1) is 11.1 Å². The van der Waals surface area contributed by atoms with Crippen molar-refractivity contribution in [1.29, 1.82) is 0 Å². The molecule has 2 heterocycles. The molecule has 1 fully saturated rings. The monoisotopic (exact) mass is 413 g/mol. The molecule has 0 radical (unpaired) electrons. The zero-order chi connectivity index (χ0) is 22.1. The van der Waals surface area contributed by atoms with E-state index >= 15 is 0 Å². The van der Waals surface area contributed by atoms with E-state index in [1.807, 2.05) is 45.0 Å². The fourth-order valence-corrected chi connectivity index (χ4v) is 3.96. The van der Waals surface area contributed by atoms with Crippen molar-refractivity contribution in [1.82, 2.24) is 14.4 Å². The number of rotatable bonds is 3. The van der Waals surface area contributed by atoms with Gasteiger partial charge < -0.3 is 19.1 Å². The highest BCUT2D eigenvalue weighted by Gasteiger charge is 2.28. The first-order valence-corrected chi connectivity index (χ1v) is 10.4. The number of aromatic nitrogens is 1. The molecule has 2 aromatic rings. The number of carbonyl (C=O) groups excluding carboxylic acids is 2. The lowest BCUT2D eigenvalue weighted by atomic mass is 9.96. The zero-order valence-electron chi connectivity index (χ0n) is 18.5. The van der Waals surface area contributed by atoms with Crippen LogP contribution in [0.1, 0.15) is 44.0 Å². The Labute approximate surface area is 177 Å². The SMILES string of the molecule is CN(CC1CCCN(C(=O)c2cc(=O)n(C)c3ccccc23)C1)C(=O)OC(C)(C)C. The number of nitrogens with zero attached hydrogens (tertiary/aromatic N) is 3. The van der Waals surface area contributed by atoms with E-state index < -0.39 is 5.60 Å². The predicted molar refractivity (Wildman–Crippen MR) is 117 cm³/mol. The van der Waals surface area contributed by atoms with Crippen LogP contribution in [0.5, 0.6) is 0 Å². The Morgan fingerprint density at radius 2 is 1.93 bits per heavy atom. The minimum atomic E-state index is -0.541. The summed E-state index contributed by atoms with van der Waals surface area (Å²) >= 11 is 0. The minimum Gasteiger partial charge on any atom is -0.444 e. The van der Waals surface area contributed by atoms with Crippen molar-refractivity contribution in [3.63, 3.8) is 0 Å². The third-order valence-electron chi connectivity index (χ3n) is 5.43. The molecule has 0 N–H and O–H groups in total. The molecule has 0 spiro atoms. The summed E-state index contributed by atoms with van der Waals surface area (Å²) < 4.78 is 6.98. The smallest absolute Gasteiger partial charge is 0.410 e. The molecule has 3 rings (SSSR count). The molecule has 0 bridgehead atoms. The molecule has 1 atom stereocenters. The van der Waals surface area contributed by atoms with Crippen molar-refractivity contribution in [3.8, 4) is 0 Å². The fourth-order valence-electron chi connectivity index (χ4n) is 3.96. The number of piperidine rings is 1. The largest absolute Gasteiger partial charge is 0.444 e. The maximum Gasteiger partial charge on any atom is 0.410 e. The van der Waals surface area contributed by atoms with Crippen molar-refractivity contribution < 1.29 is 14.3 Å². The number of benzene rings is 1. The van der Waals surface area contributed by atoms with Gasteiger partial charge in [-0.15, -0.1) is 0 Å². The van der Waals surface area contributed by atoms with E-state index in [-0.39, 0.29) is 23.5 Å². The molecule has 162 valence electrons. The van der Waals surface area contributed by atoms with Gasteiger partial charge >= 0.3 is 6.09 Å². The molecule has 1 saturated heterocycles. The molecule has 1 aliphatic heterocycles. The highest BCUT2D eigenvalue weighted by Crippen LogP contribution is 2.23. The first-order chi connectivity index (χ1) is 14.1. The van der Waals surface area contributed by atoms with Crippen LogP contribution in [0.25, 0.3) is 10.9 Å². The number of ether oxygens (including phenoxy) is 1. The van der Waals surface area contributed by atoms with Gasteiger partial charge in [0, 0.05) is 45.2 Å². The summed E-state index contributed by atoms with van der Waals surface area (Å²) in [6.45, 7) is 7.25. The number of fused-ring (bicyclic) bond motifs is 1. The Kier molecular flexibility index (Phi) is 6.19. The van der Waals surface area contributed by atoms with Gasteiger partial charge in [0.25, 0.3) is 11.5 Å². The average molecular weight is 414 g/mol. The van der Waals surface area contributed by atoms with Gasteiger partial charge in [-0.05, 0) is 45.6 Å². The second-order valence-electron chi connectivity index (χ2n) is 9.09. The van der Waals surface area contributed by atoms with Gasteiger partial charge in [0.1, 0.15) is 5.60 Å². The molecule has 1 aliphatic rings. The fraction of sp³-hybridized carbons (Fsp3) is 0.522. The number of pyridine rings is 1. The number of hydrogen-bond acceptors (Lipinski definition) is 4. The van der Waals surface area contributed by atoms with Crippen LogP contribution in [0.2, 0.25) is 0 Å². The maximum absolute atomic E-state index is 13.3. The highest BCUT2D eigenvalue weighted by atomic mass is 16.6. The summed E-state index contributed by atoms with van der Waals surface area (Å²) in [6, 6.07) is 8.89. The van der Waals surface area contributed by atoms with Crippen molar-refractivity contribution >= 4 is 22.9 Å². The Bertz CT molecular complexity index is 1010. The summed E-state index contributed by atoms with van der Waals surface area (Å²) in [6.07, 6.45) is 1.44. The second-order valence-corrected chi connectivity index (χ2v) is 9.09. The first-order valence-electron chi connectivity index (χ1n) is 10.4. The van der Waals surface area contributed by atoms with E-state index in [2.05, 4.69) is 0 Å². The molecule has 7 heteroatoms. The molecule has 30 heavy (non-hydrogen) atoms. The van der Waals surface area contributed by atoms with E-state index in [4.69, 9.17) is 4.74 Å². The van der Waals surface area contributed by atoms with Crippen LogP contribution in [0.3, 0.4) is 0 Å². The zero-order valence-corrected chi connectivity index (χ0v) is 18.5. The van der Waals surface area contributed by atoms with Gasteiger partial charge in [-0.25, -0.2) is 4.79 Å². The molecule has 0 saturated carbocycles. The van der Waals surface area contributed by atoms with Crippen LogP contribution in [-0.4, -0.2) is 58.7 Å². The van der Waals surface area contributed by atoms with Gasteiger partial charge in [-0.2, -0.15) is 0 Å². The van der Waals surface area contributed by atoms with Gasteiger partial charge in [0.15, 0.2) is 0 Å². The Morgan fingerprint density at radius 3 is 2.63 bits per heavy atom. The molecular formula is C23H31N3O4. The minimum absolute atomic E-state index is 0.131. The average Bonchev–Trinajstić information content (AvgIpc) is 2.69. The molecule has 1 aromatic carbocycles. The Hall–Kier alpha value is -2.83. The van der Waals surface area contributed by atoms with Crippen LogP contribution in [0, 0.1) is 5.92 Å². The number of para-hydroxylation sites is 1.